The topological polar surface area (TPSA) is 75.7 Å². The van der Waals surface area contributed by atoms with Gasteiger partial charge in [0.25, 0.3) is 5.91 Å². The zero-order valence-corrected chi connectivity index (χ0v) is 18.0. The average molecular weight is 411 g/mol. The molecule has 0 unspecified atom stereocenters. The van der Waals surface area contributed by atoms with Gasteiger partial charge in [-0.25, -0.2) is 8.42 Å². The molecule has 6 nitrogen and oxygen atoms in total. The van der Waals surface area contributed by atoms with Crippen LogP contribution in [-0.2, 0) is 10.0 Å². The van der Waals surface area contributed by atoms with Crippen LogP contribution < -0.4 is 10.1 Å². The Morgan fingerprint density at radius 2 is 1.81 bits per heavy atom. The standard InChI is InChI=1S/C19H26N2O4S2/c1-6-21(7-2)27(23,24)18-12-15(9-10-16(18)25-8-3)20-19(22)17-11-13(4)14(5)26-17/h9-12H,6-8H2,1-5H3,(H,20,22). The third-order valence-electron chi connectivity index (χ3n) is 4.21. The van der Waals surface area contributed by atoms with Gasteiger partial charge in [-0.3, -0.25) is 4.79 Å². The second kappa shape index (κ2) is 8.86. The van der Waals surface area contributed by atoms with Gasteiger partial charge in [0.05, 0.1) is 11.5 Å². The lowest BCUT2D eigenvalue weighted by molar-refractivity contribution is 0.103. The van der Waals surface area contributed by atoms with Crippen LogP contribution in [0.4, 0.5) is 5.69 Å². The van der Waals surface area contributed by atoms with Crippen molar-refractivity contribution in [2.24, 2.45) is 0 Å². The van der Waals surface area contributed by atoms with Crippen molar-refractivity contribution in [1.82, 2.24) is 4.31 Å². The van der Waals surface area contributed by atoms with Gasteiger partial charge in [-0.05, 0) is 50.6 Å². The molecule has 0 atom stereocenters. The number of carbonyl (C=O) groups excluding carboxylic acids is 1. The van der Waals surface area contributed by atoms with Crippen LogP contribution >= 0.6 is 11.3 Å². The van der Waals surface area contributed by atoms with Crippen molar-refractivity contribution < 1.29 is 17.9 Å². The largest absolute Gasteiger partial charge is 0.492 e. The van der Waals surface area contributed by atoms with Crippen molar-refractivity contribution in [3.8, 4) is 5.75 Å². The van der Waals surface area contributed by atoms with Gasteiger partial charge in [0, 0.05) is 23.7 Å². The lowest BCUT2D eigenvalue weighted by Crippen LogP contribution is -2.31. The highest BCUT2D eigenvalue weighted by Crippen LogP contribution is 2.30. The van der Waals surface area contributed by atoms with Crippen LogP contribution in [0.2, 0.25) is 0 Å². The number of hydrogen-bond acceptors (Lipinski definition) is 5. The highest BCUT2D eigenvalue weighted by Gasteiger charge is 2.26. The van der Waals surface area contributed by atoms with E-state index in [-0.39, 0.29) is 16.6 Å². The Bertz CT molecular complexity index is 896. The Balaban J connectivity index is 2.41. The molecule has 2 aromatic rings. The summed E-state index contributed by atoms with van der Waals surface area (Å²) >= 11 is 1.41. The maximum atomic E-state index is 13.0. The van der Waals surface area contributed by atoms with Gasteiger partial charge in [-0.2, -0.15) is 4.31 Å². The molecule has 148 valence electrons. The highest BCUT2D eigenvalue weighted by molar-refractivity contribution is 7.89. The van der Waals surface area contributed by atoms with Gasteiger partial charge in [0.1, 0.15) is 10.6 Å². The Labute approximate surface area is 165 Å². The summed E-state index contributed by atoms with van der Waals surface area (Å²) in [6.07, 6.45) is 0. The zero-order valence-electron chi connectivity index (χ0n) is 16.3. The molecule has 0 fully saturated rings. The third-order valence-corrected chi connectivity index (χ3v) is 7.44. The molecule has 1 N–H and O–H groups in total. The maximum absolute atomic E-state index is 13.0. The van der Waals surface area contributed by atoms with E-state index in [4.69, 9.17) is 4.74 Å². The van der Waals surface area contributed by atoms with Crippen LogP contribution in [0.1, 0.15) is 40.9 Å². The molecule has 0 saturated carbocycles. The van der Waals surface area contributed by atoms with Crippen molar-refractivity contribution in [3.63, 3.8) is 0 Å². The second-order valence-corrected chi connectivity index (χ2v) is 9.15. The van der Waals surface area contributed by atoms with E-state index in [2.05, 4.69) is 5.32 Å². The minimum Gasteiger partial charge on any atom is -0.492 e. The first-order valence-corrected chi connectivity index (χ1v) is 11.2. The Kier molecular flexibility index (Phi) is 7.02. The quantitative estimate of drug-likeness (QED) is 0.712. The molecule has 0 aliphatic heterocycles. The summed E-state index contributed by atoms with van der Waals surface area (Å²) in [5, 5.41) is 2.79. The average Bonchev–Trinajstić information content (AvgIpc) is 2.96. The van der Waals surface area contributed by atoms with Gasteiger partial charge in [0.2, 0.25) is 10.0 Å². The van der Waals surface area contributed by atoms with E-state index >= 15 is 0 Å². The van der Waals surface area contributed by atoms with E-state index < -0.39 is 10.0 Å². The minimum absolute atomic E-state index is 0.0596. The normalized spacial score (nSPS) is 11.6. The molecular weight excluding hydrogens is 384 g/mol. The van der Waals surface area contributed by atoms with Crippen molar-refractivity contribution in [3.05, 3.63) is 39.6 Å². The molecule has 1 aromatic heterocycles. The number of amides is 1. The zero-order chi connectivity index (χ0) is 20.2. The summed E-state index contributed by atoms with van der Waals surface area (Å²) in [5.74, 6) is 0.0248. The van der Waals surface area contributed by atoms with Crippen LogP contribution in [0.15, 0.2) is 29.2 Å². The molecule has 2 rings (SSSR count). The number of nitrogens with zero attached hydrogens (tertiary/aromatic N) is 1. The number of rotatable bonds is 8. The molecule has 27 heavy (non-hydrogen) atoms. The SMILES string of the molecule is CCOc1ccc(NC(=O)c2cc(C)c(C)s2)cc1S(=O)(=O)N(CC)CC. The van der Waals surface area contributed by atoms with Crippen molar-refractivity contribution in [2.45, 2.75) is 39.5 Å². The van der Waals surface area contributed by atoms with Crippen molar-refractivity contribution in [1.29, 1.82) is 0 Å². The van der Waals surface area contributed by atoms with Crippen LogP contribution in [0.3, 0.4) is 0 Å². The summed E-state index contributed by atoms with van der Waals surface area (Å²) in [5.41, 5.74) is 1.47. The summed E-state index contributed by atoms with van der Waals surface area (Å²) in [6, 6.07) is 6.53. The lowest BCUT2D eigenvalue weighted by Gasteiger charge is -2.21. The summed E-state index contributed by atoms with van der Waals surface area (Å²) in [4.78, 5) is 14.2. The predicted octanol–water partition coefficient (Wildman–Crippen LogP) is 4.05. The summed E-state index contributed by atoms with van der Waals surface area (Å²) < 4.78 is 32.8. The highest BCUT2D eigenvalue weighted by atomic mass is 32.2. The lowest BCUT2D eigenvalue weighted by atomic mass is 10.2. The van der Waals surface area contributed by atoms with Crippen LogP contribution in [0.25, 0.3) is 0 Å². The molecule has 0 bridgehead atoms. The van der Waals surface area contributed by atoms with Gasteiger partial charge in [-0.15, -0.1) is 11.3 Å². The van der Waals surface area contributed by atoms with E-state index in [1.165, 1.54) is 21.7 Å². The Morgan fingerprint density at radius 1 is 1.15 bits per heavy atom. The molecule has 0 radical (unpaired) electrons. The number of hydrogen-bond donors (Lipinski definition) is 1. The number of anilines is 1. The van der Waals surface area contributed by atoms with E-state index in [1.807, 2.05) is 19.9 Å². The number of ether oxygens (including phenoxy) is 1. The van der Waals surface area contributed by atoms with Crippen molar-refractivity contribution >= 4 is 33.0 Å². The first kappa shape index (κ1) is 21.4. The van der Waals surface area contributed by atoms with Gasteiger partial charge in [-0.1, -0.05) is 13.8 Å². The number of benzene rings is 1. The molecule has 0 spiro atoms. The van der Waals surface area contributed by atoms with E-state index in [0.717, 1.165) is 10.4 Å². The number of nitrogens with one attached hydrogen (secondary N) is 1. The number of sulfonamides is 1. The fourth-order valence-corrected chi connectivity index (χ4v) is 5.19. The molecule has 0 saturated heterocycles. The molecule has 0 aliphatic rings. The first-order chi connectivity index (χ1) is 12.7. The Hall–Kier alpha value is -1.90. The first-order valence-electron chi connectivity index (χ1n) is 8.89. The van der Waals surface area contributed by atoms with E-state index in [0.29, 0.717) is 30.3 Å². The van der Waals surface area contributed by atoms with Crippen LogP contribution in [0.5, 0.6) is 5.75 Å². The maximum Gasteiger partial charge on any atom is 0.265 e. The summed E-state index contributed by atoms with van der Waals surface area (Å²) in [7, 11) is -3.72. The molecule has 0 aliphatic carbocycles. The smallest absolute Gasteiger partial charge is 0.265 e. The summed E-state index contributed by atoms with van der Waals surface area (Å²) in [6.45, 7) is 10.3. The Morgan fingerprint density at radius 3 is 2.33 bits per heavy atom. The number of thiophene rings is 1. The predicted molar refractivity (Wildman–Crippen MR) is 109 cm³/mol. The van der Waals surface area contributed by atoms with Crippen LogP contribution in [-0.4, -0.2) is 38.3 Å². The number of aryl methyl sites for hydroxylation is 2. The fourth-order valence-electron chi connectivity index (χ4n) is 2.64. The minimum atomic E-state index is -3.72. The molecular formula is C19H26N2O4S2. The number of carbonyl (C=O) groups is 1. The van der Waals surface area contributed by atoms with E-state index in [9.17, 15) is 13.2 Å². The van der Waals surface area contributed by atoms with Gasteiger partial charge >= 0.3 is 0 Å². The van der Waals surface area contributed by atoms with Crippen molar-refractivity contribution in [2.75, 3.05) is 25.0 Å². The fraction of sp³-hybridized carbons (Fsp3) is 0.421. The van der Waals surface area contributed by atoms with Gasteiger partial charge in [0.15, 0.2) is 0 Å². The van der Waals surface area contributed by atoms with E-state index in [1.54, 1.807) is 32.9 Å². The van der Waals surface area contributed by atoms with Gasteiger partial charge < -0.3 is 10.1 Å². The molecule has 1 aromatic carbocycles. The molecule has 8 heteroatoms. The molecule has 1 amide bonds. The van der Waals surface area contributed by atoms with Crippen LogP contribution in [0, 0.1) is 13.8 Å². The molecule has 1 heterocycles. The third kappa shape index (κ3) is 4.69. The monoisotopic (exact) mass is 410 g/mol. The second-order valence-electron chi connectivity index (χ2n) is 5.99.